The lowest BCUT2D eigenvalue weighted by Gasteiger charge is -2.15. The van der Waals surface area contributed by atoms with Gasteiger partial charge in [0.2, 0.25) is 0 Å². The van der Waals surface area contributed by atoms with E-state index in [0.29, 0.717) is 0 Å². The number of benzene rings is 3. The summed E-state index contributed by atoms with van der Waals surface area (Å²) in [6.07, 6.45) is 6.29. The number of ether oxygens (including phenoxy) is 1. The Balaban J connectivity index is 1.66. The van der Waals surface area contributed by atoms with Gasteiger partial charge in [0.15, 0.2) is 0 Å². The quantitative estimate of drug-likeness (QED) is 0.373. The topological polar surface area (TPSA) is 21.3 Å². The molecular formula is C26H33NO. The Kier molecular flexibility index (Phi) is 7.93. The van der Waals surface area contributed by atoms with Gasteiger partial charge in [0.05, 0.1) is 6.61 Å². The number of rotatable bonds is 11. The fourth-order valence-electron chi connectivity index (χ4n) is 3.68. The lowest BCUT2D eigenvalue weighted by molar-refractivity contribution is 0.301. The number of hydrogen-bond acceptors (Lipinski definition) is 2. The second-order valence-electron chi connectivity index (χ2n) is 7.62. The molecule has 3 aromatic rings. The molecule has 2 nitrogen and oxygen atoms in total. The molecular weight excluding hydrogens is 342 g/mol. The standard InChI is InChI=1S/C26H33NO/c1-3-4-5-6-9-17-28-26-16-15-23-13-7-8-14-24(23)25(26)20-27-19-22-12-10-11-21(2)18-22/h7-8,10-16,18,27H,3-6,9,17,19-20H2,1-2H3. The van der Waals surface area contributed by atoms with Crippen LogP contribution >= 0.6 is 0 Å². The zero-order valence-electron chi connectivity index (χ0n) is 17.3. The second kappa shape index (κ2) is 10.9. The maximum absolute atomic E-state index is 6.21. The van der Waals surface area contributed by atoms with Crippen LogP contribution in [0.5, 0.6) is 5.75 Å². The smallest absolute Gasteiger partial charge is 0.124 e. The van der Waals surface area contributed by atoms with Gasteiger partial charge in [0.1, 0.15) is 5.75 Å². The van der Waals surface area contributed by atoms with Gasteiger partial charge >= 0.3 is 0 Å². The average molecular weight is 376 g/mol. The van der Waals surface area contributed by atoms with Crippen molar-refractivity contribution in [2.24, 2.45) is 0 Å². The minimum atomic E-state index is 0.799. The summed E-state index contributed by atoms with van der Waals surface area (Å²) in [7, 11) is 0. The summed E-state index contributed by atoms with van der Waals surface area (Å²) in [5, 5.41) is 6.17. The van der Waals surface area contributed by atoms with Gasteiger partial charge in [-0.25, -0.2) is 0 Å². The SMILES string of the molecule is CCCCCCCOc1ccc2ccccc2c1CNCc1cccc(C)c1. The fraction of sp³-hybridized carbons (Fsp3) is 0.385. The molecule has 0 amide bonds. The highest BCUT2D eigenvalue weighted by atomic mass is 16.5. The van der Waals surface area contributed by atoms with Crippen molar-refractivity contribution < 1.29 is 4.74 Å². The number of nitrogens with one attached hydrogen (secondary N) is 1. The molecule has 3 rings (SSSR count). The van der Waals surface area contributed by atoms with E-state index in [1.54, 1.807) is 0 Å². The minimum absolute atomic E-state index is 0.799. The van der Waals surface area contributed by atoms with E-state index < -0.39 is 0 Å². The maximum Gasteiger partial charge on any atom is 0.124 e. The zero-order chi connectivity index (χ0) is 19.6. The first kappa shape index (κ1) is 20.4. The number of fused-ring (bicyclic) bond motifs is 1. The van der Waals surface area contributed by atoms with Gasteiger partial charge in [-0.05, 0) is 35.7 Å². The lowest BCUT2D eigenvalue weighted by atomic mass is 10.0. The molecule has 3 aromatic carbocycles. The Morgan fingerprint density at radius 3 is 2.54 bits per heavy atom. The highest BCUT2D eigenvalue weighted by molar-refractivity contribution is 5.87. The van der Waals surface area contributed by atoms with Crippen LogP contribution in [0, 0.1) is 6.92 Å². The van der Waals surface area contributed by atoms with Gasteiger partial charge in [-0.15, -0.1) is 0 Å². The summed E-state index contributed by atoms with van der Waals surface area (Å²) >= 11 is 0. The molecule has 0 unspecified atom stereocenters. The fourth-order valence-corrected chi connectivity index (χ4v) is 3.68. The molecule has 28 heavy (non-hydrogen) atoms. The van der Waals surface area contributed by atoms with E-state index >= 15 is 0 Å². The van der Waals surface area contributed by atoms with E-state index in [-0.39, 0.29) is 0 Å². The summed E-state index contributed by atoms with van der Waals surface area (Å²) < 4.78 is 6.21. The summed E-state index contributed by atoms with van der Waals surface area (Å²) in [5.41, 5.74) is 3.88. The van der Waals surface area contributed by atoms with Crippen LogP contribution in [0.25, 0.3) is 10.8 Å². The molecule has 0 heterocycles. The Hall–Kier alpha value is -2.32. The molecule has 2 heteroatoms. The Morgan fingerprint density at radius 1 is 0.821 bits per heavy atom. The Bertz CT molecular complexity index is 871. The molecule has 1 N–H and O–H groups in total. The highest BCUT2D eigenvalue weighted by Crippen LogP contribution is 2.28. The molecule has 0 saturated carbocycles. The molecule has 0 aliphatic carbocycles. The van der Waals surface area contributed by atoms with Crippen LogP contribution in [0.1, 0.15) is 55.7 Å². The van der Waals surface area contributed by atoms with E-state index in [2.05, 4.69) is 79.8 Å². The van der Waals surface area contributed by atoms with Crippen LogP contribution in [0.2, 0.25) is 0 Å². The number of aryl methyl sites for hydroxylation is 1. The third-order valence-electron chi connectivity index (χ3n) is 5.22. The minimum Gasteiger partial charge on any atom is -0.493 e. The second-order valence-corrected chi connectivity index (χ2v) is 7.62. The van der Waals surface area contributed by atoms with Crippen LogP contribution in [0.3, 0.4) is 0 Å². The van der Waals surface area contributed by atoms with E-state index in [4.69, 9.17) is 4.74 Å². The van der Waals surface area contributed by atoms with Crippen molar-refractivity contribution in [2.75, 3.05) is 6.61 Å². The van der Waals surface area contributed by atoms with Crippen LogP contribution in [0.15, 0.2) is 60.7 Å². The van der Waals surface area contributed by atoms with Crippen molar-refractivity contribution >= 4 is 10.8 Å². The molecule has 0 aromatic heterocycles. The molecule has 0 atom stereocenters. The van der Waals surface area contributed by atoms with Crippen molar-refractivity contribution in [3.63, 3.8) is 0 Å². The van der Waals surface area contributed by atoms with Crippen molar-refractivity contribution in [2.45, 2.75) is 59.0 Å². The summed E-state index contributed by atoms with van der Waals surface area (Å²) in [4.78, 5) is 0. The third-order valence-corrected chi connectivity index (χ3v) is 5.22. The van der Waals surface area contributed by atoms with Gasteiger partial charge in [-0.2, -0.15) is 0 Å². The molecule has 0 aliphatic rings. The van der Waals surface area contributed by atoms with E-state index in [0.717, 1.165) is 31.9 Å². The third kappa shape index (κ3) is 5.84. The van der Waals surface area contributed by atoms with E-state index in [1.807, 2.05) is 0 Å². The predicted molar refractivity (Wildman–Crippen MR) is 120 cm³/mol. The van der Waals surface area contributed by atoms with Crippen molar-refractivity contribution in [3.8, 4) is 5.75 Å². The molecule has 0 saturated heterocycles. The molecule has 0 radical (unpaired) electrons. The zero-order valence-corrected chi connectivity index (χ0v) is 17.3. The summed E-state index contributed by atoms with van der Waals surface area (Å²) in [5.74, 6) is 1.02. The average Bonchev–Trinajstić information content (AvgIpc) is 2.71. The molecule has 0 fully saturated rings. The Labute approximate surface area is 169 Å². The van der Waals surface area contributed by atoms with Crippen molar-refractivity contribution in [1.29, 1.82) is 0 Å². The van der Waals surface area contributed by atoms with Gasteiger partial charge < -0.3 is 10.1 Å². The monoisotopic (exact) mass is 375 g/mol. The first-order valence-corrected chi connectivity index (χ1v) is 10.7. The molecule has 0 bridgehead atoms. The predicted octanol–water partition coefficient (Wildman–Crippen LogP) is 6.79. The summed E-state index contributed by atoms with van der Waals surface area (Å²) in [6.45, 7) is 6.86. The molecule has 0 spiro atoms. The van der Waals surface area contributed by atoms with Gasteiger partial charge in [0.25, 0.3) is 0 Å². The number of unbranched alkanes of at least 4 members (excludes halogenated alkanes) is 4. The number of hydrogen-bond donors (Lipinski definition) is 1. The molecule has 0 aliphatic heterocycles. The summed E-state index contributed by atoms with van der Waals surface area (Å²) in [6, 6.07) is 21.6. The van der Waals surface area contributed by atoms with Crippen LogP contribution in [0.4, 0.5) is 0 Å². The lowest BCUT2D eigenvalue weighted by Crippen LogP contribution is -2.14. The van der Waals surface area contributed by atoms with Crippen molar-refractivity contribution in [1.82, 2.24) is 5.32 Å². The molecule has 148 valence electrons. The maximum atomic E-state index is 6.21. The van der Waals surface area contributed by atoms with Crippen LogP contribution in [-0.4, -0.2) is 6.61 Å². The van der Waals surface area contributed by atoms with E-state index in [1.165, 1.54) is 53.1 Å². The highest BCUT2D eigenvalue weighted by Gasteiger charge is 2.09. The normalized spacial score (nSPS) is 11.1. The van der Waals surface area contributed by atoms with Crippen LogP contribution < -0.4 is 10.1 Å². The van der Waals surface area contributed by atoms with Crippen LogP contribution in [-0.2, 0) is 13.1 Å². The van der Waals surface area contributed by atoms with Crippen molar-refractivity contribution in [3.05, 3.63) is 77.4 Å². The Morgan fingerprint density at radius 2 is 1.68 bits per heavy atom. The largest absolute Gasteiger partial charge is 0.493 e. The van der Waals surface area contributed by atoms with Gasteiger partial charge in [0, 0.05) is 18.7 Å². The van der Waals surface area contributed by atoms with E-state index in [9.17, 15) is 0 Å². The van der Waals surface area contributed by atoms with Gasteiger partial charge in [-0.1, -0.05) is 92.8 Å². The van der Waals surface area contributed by atoms with Gasteiger partial charge in [-0.3, -0.25) is 0 Å². The first-order valence-electron chi connectivity index (χ1n) is 10.7. The first-order chi connectivity index (χ1) is 13.8.